The molecule has 1 amide bonds. The van der Waals surface area contributed by atoms with E-state index in [9.17, 15) is 9.90 Å². The number of hydrogen-bond donors (Lipinski definition) is 2. The van der Waals surface area contributed by atoms with Gasteiger partial charge in [0.15, 0.2) is 0 Å². The predicted molar refractivity (Wildman–Crippen MR) is 125 cm³/mol. The number of phenols is 1. The Balaban J connectivity index is 1.50. The standard InChI is InChI=1S/C24H21ClN4O3/c1-15-21(23(25)29(28-15)14-16-6-5-9-19(10-16)32-2)13-26-27-24(31)20-11-17-7-3-4-8-18(17)12-22(20)30/h3-13,30H,14H2,1-2H3,(H,27,31). The maximum absolute atomic E-state index is 12.5. The zero-order chi connectivity index (χ0) is 22.7. The van der Waals surface area contributed by atoms with Crippen molar-refractivity contribution in [3.63, 3.8) is 0 Å². The Labute approximate surface area is 189 Å². The number of rotatable bonds is 6. The second-order valence-corrected chi connectivity index (χ2v) is 7.57. The Hall–Kier alpha value is -3.84. The summed E-state index contributed by atoms with van der Waals surface area (Å²) >= 11 is 6.50. The lowest BCUT2D eigenvalue weighted by atomic mass is 10.1. The van der Waals surface area contributed by atoms with Gasteiger partial charge in [-0.2, -0.15) is 10.2 Å². The maximum Gasteiger partial charge on any atom is 0.275 e. The topological polar surface area (TPSA) is 88.7 Å². The summed E-state index contributed by atoms with van der Waals surface area (Å²) in [6.45, 7) is 2.27. The molecule has 0 radical (unpaired) electrons. The molecule has 4 aromatic rings. The number of hydrazone groups is 1. The molecule has 0 aliphatic rings. The van der Waals surface area contributed by atoms with Gasteiger partial charge in [0.05, 0.1) is 36.7 Å². The van der Waals surface area contributed by atoms with Crippen LogP contribution in [0.2, 0.25) is 5.15 Å². The molecule has 3 aromatic carbocycles. The highest BCUT2D eigenvalue weighted by molar-refractivity contribution is 6.32. The van der Waals surface area contributed by atoms with Crippen LogP contribution in [0.15, 0.2) is 65.8 Å². The van der Waals surface area contributed by atoms with E-state index in [4.69, 9.17) is 16.3 Å². The van der Waals surface area contributed by atoms with Gasteiger partial charge in [0.25, 0.3) is 5.91 Å². The van der Waals surface area contributed by atoms with Crippen LogP contribution in [0.3, 0.4) is 0 Å². The predicted octanol–water partition coefficient (Wildman–Crippen LogP) is 4.52. The molecule has 1 aromatic heterocycles. The van der Waals surface area contributed by atoms with Gasteiger partial charge in [-0.05, 0) is 47.5 Å². The summed E-state index contributed by atoms with van der Waals surface area (Å²) < 4.78 is 6.91. The molecule has 32 heavy (non-hydrogen) atoms. The number of nitrogens with one attached hydrogen (secondary N) is 1. The van der Waals surface area contributed by atoms with Crippen LogP contribution >= 0.6 is 11.6 Å². The Morgan fingerprint density at radius 2 is 1.94 bits per heavy atom. The SMILES string of the molecule is COc1cccc(Cn2nc(C)c(C=NNC(=O)c3cc4ccccc4cc3O)c2Cl)c1. The van der Waals surface area contributed by atoms with E-state index in [1.165, 1.54) is 6.21 Å². The minimum atomic E-state index is -0.526. The third kappa shape index (κ3) is 4.43. The van der Waals surface area contributed by atoms with Crippen molar-refractivity contribution in [3.8, 4) is 11.5 Å². The van der Waals surface area contributed by atoms with Crippen LogP contribution in [0.4, 0.5) is 0 Å². The van der Waals surface area contributed by atoms with E-state index in [1.54, 1.807) is 23.9 Å². The first-order valence-corrected chi connectivity index (χ1v) is 10.2. The Kier molecular flexibility index (Phi) is 6.09. The number of methoxy groups -OCH3 is 1. The summed E-state index contributed by atoms with van der Waals surface area (Å²) in [6.07, 6.45) is 1.45. The number of fused-ring (bicyclic) bond motifs is 1. The average molecular weight is 449 g/mol. The number of aromatic nitrogens is 2. The molecule has 0 bridgehead atoms. The second-order valence-electron chi connectivity index (χ2n) is 7.21. The van der Waals surface area contributed by atoms with Gasteiger partial charge in [0.1, 0.15) is 16.7 Å². The minimum Gasteiger partial charge on any atom is -0.507 e. The van der Waals surface area contributed by atoms with Crippen molar-refractivity contribution in [3.05, 3.63) is 88.2 Å². The number of halogens is 1. The van der Waals surface area contributed by atoms with E-state index in [0.29, 0.717) is 23.0 Å². The van der Waals surface area contributed by atoms with Gasteiger partial charge in [0.2, 0.25) is 0 Å². The van der Waals surface area contributed by atoms with Crippen molar-refractivity contribution < 1.29 is 14.6 Å². The lowest BCUT2D eigenvalue weighted by molar-refractivity contribution is 0.0952. The van der Waals surface area contributed by atoms with Gasteiger partial charge in [-0.1, -0.05) is 48.0 Å². The lowest BCUT2D eigenvalue weighted by Gasteiger charge is -2.06. The summed E-state index contributed by atoms with van der Waals surface area (Å²) in [6, 6.07) is 18.3. The smallest absolute Gasteiger partial charge is 0.275 e. The van der Waals surface area contributed by atoms with Gasteiger partial charge < -0.3 is 9.84 Å². The molecule has 0 saturated carbocycles. The van der Waals surface area contributed by atoms with E-state index in [2.05, 4.69) is 15.6 Å². The second kappa shape index (κ2) is 9.11. The number of carbonyl (C=O) groups is 1. The van der Waals surface area contributed by atoms with Crippen molar-refractivity contribution >= 4 is 34.5 Å². The highest BCUT2D eigenvalue weighted by Crippen LogP contribution is 2.25. The van der Waals surface area contributed by atoms with Gasteiger partial charge in [0, 0.05) is 0 Å². The van der Waals surface area contributed by atoms with E-state index < -0.39 is 5.91 Å². The molecule has 0 aliphatic carbocycles. The fourth-order valence-corrected chi connectivity index (χ4v) is 3.67. The summed E-state index contributed by atoms with van der Waals surface area (Å²) in [5.74, 6) is 0.114. The van der Waals surface area contributed by atoms with Crippen molar-refractivity contribution in [1.82, 2.24) is 15.2 Å². The number of nitrogens with zero attached hydrogens (tertiary/aromatic N) is 3. The Morgan fingerprint density at radius 3 is 2.69 bits per heavy atom. The summed E-state index contributed by atoms with van der Waals surface area (Å²) in [7, 11) is 1.62. The third-order valence-electron chi connectivity index (χ3n) is 5.04. The highest BCUT2D eigenvalue weighted by Gasteiger charge is 2.14. The molecule has 8 heteroatoms. The normalized spacial score (nSPS) is 11.2. The fourth-order valence-electron chi connectivity index (χ4n) is 3.39. The third-order valence-corrected chi connectivity index (χ3v) is 5.44. The van der Waals surface area contributed by atoms with Crippen LogP contribution in [0.5, 0.6) is 11.5 Å². The monoisotopic (exact) mass is 448 g/mol. The van der Waals surface area contributed by atoms with Crippen molar-refractivity contribution in [2.45, 2.75) is 13.5 Å². The van der Waals surface area contributed by atoms with E-state index in [-0.39, 0.29) is 11.3 Å². The van der Waals surface area contributed by atoms with Crippen molar-refractivity contribution in [1.29, 1.82) is 0 Å². The zero-order valence-electron chi connectivity index (χ0n) is 17.5. The largest absolute Gasteiger partial charge is 0.507 e. The number of ether oxygens (including phenoxy) is 1. The maximum atomic E-state index is 12.5. The molecule has 2 N–H and O–H groups in total. The quantitative estimate of drug-likeness (QED) is 0.335. The minimum absolute atomic E-state index is 0.114. The molecule has 0 spiro atoms. The molecule has 1 heterocycles. The number of carbonyl (C=O) groups excluding carboxylic acids is 1. The van der Waals surface area contributed by atoms with Crippen LogP contribution < -0.4 is 10.2 Å². The van der Waals surface area contributed by atoms with E-state index in [1.807, 2.05) is 55.5 Å². The first kappa shape index (κ1) is 21.4. The summed E-state index contributed by atoms with van der Waals surface area (Å²) in [5.41, 5.74) is 4.83. The molecule has 0 fully saturated rings. The van der Waals surface area contributed by atoms with Crippen molar-refractivity contribution in [2.24, 2.45) is 5.10 Å². The van der Waals surface area contributed by atoms with Crippen LogP contribution in [-0.2, 0) is 6.54 Å². The number of hydrogen-bond acceptors (Lipinski definition) is 5. The van der Waals surface area contributed by atoms with Crippen LogP contribution in [-0.4, -0.2) is 34.1 Å². The Morgan fingerprint density at radius 1 is 1.19 bits per heavy atom. The molecular weight excluding hydrogens is 428 g/mol. The summed E-state index contributed by atoms with van der Waals surface area (Å²) in [4.78, 5) is 12.5. The molecule has 0 aliphatic heterocycles. The molecule has 4 rings (SSSR count). The van der Waals surface area contributed by atoms with Crippen LogP contribution in [0, 0.1) is 6.92 Å². The molecule has 162 valence electrons. The highest BCUT2D eigenvalue weighted by atomic mass is 35.5. The fraction of sp³-hybridized carbons (Fsp3) is 0.125. The number of amides is 1. The molecular formula is C24H21ClN4O3. The lowest BCUT2D eigenvalue weighted by Crippen LogP contribution is -2.17. The summed E-state index contributed by atoms with van der Waals surface area (Å²) in [5, 5.41) is 20.8. The zero-order valence-corrected chi connectivity index (χ0v) is 18.3. The molecule has 0 atom stereocenters. The van der Waals surface area contributed by atoms with E-state index in [0.717, 1.165) is 22.1 Å². The number of benzene rings is 3. The molecule has 0 saturated heterocycles. The van der Waals surface area contributed by atoms with Gasteiger partial charge in [-0.3, -0.25) is 4.79 Å². The van der Waals surface area contributed by atoms with Gasteiger partial charge in [-0.25, -0.2) is 10.1 Å². The van der Waals surface area contributed by atoms with Gasteiger partial charge in [-0.15, -0.1) is 0 Å². The number of aryl methyl sites for hydroxylation is 1. The molecule has 0 unspecified atom stereocenters. The van der Waals surface area contributed by atoms with Crippen LogP contribution in [0.1, 0.15) is 27.2 Å². The number of phenolic OH excluding ortho intramolecular Hbond substituents is 1. The Bertz CT molecular complexity index is 1330. The van der Waals surface area contributed by atoms with Crippen LogP contribution in [0.25, 0.3) is 10.8 Å². The molecule has 7 nitrogen and oxygen atoms in total. The van der Waals surface area contributed by atoms with Gasteiger partial charge >= 0.3 is 0 Å². The first-order chi connectivity index (χ1) is 15.5. The van der Waals surface area contributed by atoms with E-state index >= 15 is 0 Å². The average Bonchev–Trinajstić information content (AvgIpc) is 3.05. The first-order valence-electron chi connectivity index (χ1n) is 9.87. The van der Waals surface area contributed by atoms with Crippen molar-refractivity contribution in [2.75, 3.05) is 7.11 Å². The number of aromatic hydroxyl groups is 1.